The zero-order valence-electron chi connectivity index (χ0n) is 19.4. The molecule has 0 spiro atoms. The van der Waals surface area contributed by atoms with E-state index in [1.54, 1.807) is 0 Å². The fourth-order valence-corrected chi connectivity index (χ4v) is 4.64. The van der Waals surface area contributed by atoms with Crippen molar-refractivity contribution in [3.8, 4) is 5.75 Å². The number of carbonyl (C=O) groups is 2. The maximum atomic E-state index is 13.1. The highest BCUT2D eigenvalue weighted by Crippen LogP contribution is 2.20. The third kappa shape index (κ3) is 5.77. The van der Waals surface area contributed by atoms with Crippen LogP contribution in [0.25, 0.3) is 0 Å². The van der Waals surface area contributed by atoms with Crippen molar-refractivity contribution >= 4 is 40.5 Å². The van der Waals surface area contributed by atoms with Crippen molar-refractivity contribution in [3.63, 3.8) is 0 Å². The molecular weight excluding hydrogens is 450 g/mol. The summed E-state index contributed by atoms with van der Waals surface area (Å²) in [6.45, 7) is 6.40. The largest absolute Gasteiger partial charge is 0.494 e. The highest BCUT2D eigenvalue weighted by molar-refractivity contribution is 7.80. The van der Waals surface area contributed by atoms with Gasteiger partial charge in [0.25, 0.3) is 0 Å². The van der Waals surface area contributed by atoms with Crippen molar-refractivity contribution in [2.24, 2.45) is 0 Å². The van der Waals surface area contributed by atoms with Gasteiger partial charge in [-0.3, -0.25) is 9.59 Å². The summed E-state index contributed by atoms with van der Waals surface area (Å²) >= 11 is 5.62. The van der Waals surface area contributed by atoms with E-state index in [4.69, 9.17) is 17.0 Å². The molecule has 2 fully saturated rings. The normalized spacial score (nSPS) is 18.3. The Bertz CT molecular complexity index is 993. The standard InChI is InChI=1S/C25H31N5O3S/c1-2-33-21-10-8-19(9-11-21)27-25(34)30-13-12-26-24(32)22(30)18-23(31)29-16-14-28(15-17-29)20-6-4-3-5-7-20/h3-11,22H,2,12-18H2,1H3,(H,26,32)(H,27,34). The summed E-state index contributed by atoms with van der Waals surface area (Å²) in [7, 11) is 0. The molecule has 34 heavy (non-hydrogen) atoms. The van der Waals surface area contributed by atoms with Crippen LogP contribution in [0.1, 0.15) is 13.3 Å². The van der Waals surface area contributed by atoms with Crippen molar-refractivity contribution in [2.75, 3.05) is 56.1 Å². The summed E-state index contributed by atoms with van der Waals surface area (Å²) in [4.78, 5) is 31.8. The summed E-state index contributed by atoms with van der Waals surface area (Å²) in [5.41, 5.74) is 1.97. The average molecular weight is 482 g/mol. The number of para-hydroxylation sites is 1. The third-order valence-corrected chi connectivity index (χ3v) is 6.47. The van der Waals surface area contributed by atoms with Crippen LogP contribution < -0.4 is 20.3 Å². The van der Waals surface area contributed by atoms with E-state index in [0.29, 0.717) is 37.9 Å². The van der Waals surface area contributed by atoms with Gasteiger partial charge >= 0.3 is 0 Å². The van der Waals surface area contributed by atoms with Crippen LogP contribution in [-0.4, -0.2) is 78.6 Å². The van der Waals surface area contributed by atoms with Crippen LogP contribution in [0.15, 0.2) is 54.6 Å². The van der Waals surface area contributed by atoms with E-state index in [2.05, 4.69) is 27.7 Å². The van der Waals surface area contributed by atoms with E-state index in [0.717, 1.165) is 30.2 Å². The van der Waals surface area contributed by atoms with E-state index in [-0.39, 0.29) is 18.2 Å². The van der Waals surface area contributed by atoms with Gasteiger partial charge < -0.3 is 30.1 Å². The van der Waals surface area contributed by atoms with Crippen molar-refractivity contribution < 1.29 is 14.3 Å². The first-order chi connectivity index (χ1) is 16.5. The predicted octanol–water partition coefficient (Wildman–Crippen LogP) is 2.32. The van der Waals surface area contributed by atoms with E-state index in [1.807, 2.05) is 59.2 Å². The number of amides is 2. The summed E-state index contributed by atoms with van der Waals surface area (Å²) < 4.78 is 5.48. The number of thiocarbonyl (C=S) groups is 1. The molecule has 2 aromatic rings. The molecule has 0 radical (unpaired) electrons. The lowest BCUT2D eigenvalue weighted by Crippen LogP contribution is -2.60. The first-order valence-corrected chi connectivity index (χ1v) is 12.1. The molecule has 0 bridgehead atoms. The van der Waals surface area contributed by atoms with Gasteiger partial charge in [-0.05, 0) is 55.5 Å². The second-order valence-electron chi connectivity index (χ2n) is 8.30. The minimum Gasteiger partial charge on any atom is -0.494 e. The van der Waals surface area contributed by atoms with Crippen molar-refractivity contribution in [1.82, 2.24) is 15.1 Å². The van der Waals surface area contributed by atoms with Crippen LogP contribution in [-0.2, 0) is 9.59 Å². The van der Waals surface area contributed by atoms with E-state index >= 15 is 0 Å². The van der Waals surface area contributed by atoms with Gasteiger partial charge in [-0.25, -0.2) is 0 Å². The third-order valence-electron chi connectivity index (χ3n) is 6.13. The zero-order valence-corrected chi connectivity index (χ0v) is 20.2. The van der Waals surface area contributed by atoms with E-state index in [9.17, 15) is 9.59 Å². The van der Waals surface area contributed by atoms with Crippen LogP contribution in [0, 0.1) is 0 Å². The number of nitrogens with one attached hydrogen (secondary N) is 2. The first-order valence-electron chi connectivity index (χ1n) is 11.7. The topological polar surface area (TPSA) is 77.1 Å². The lowest BCUT2D eigenvalue weighted by molar-refractivity contribution is -0.137. The molecule has 9 heteroatoms. The fraction of sp³-hybridized carbons (Fsp3) is 0.400. The number of anilines is 2. The molecule has 4 rings (SSSR count). The lowest BCUT2D eigenvalue weighted by Gasteiger charge is -2.39. The van der Waals surface area contributed by atoms with Gasteiger partial charge in [0.05, 0.1) is 13.0 Å². The first kappa shape index (κ1) is 23.8. The van der Waals surface area contributed by atoms with Gasteiger partial charge in [0, 0.05) is 50.6 Å². The molecule has 180 valence electrons. The lowest BCUT2D eigenvalue weighted by atomic mass is 10.1. The maximum Gasteiger partial charge on any atom is 0.243 e. The smallest absolute Gasteiger partial charge is 0.243 e. The molecule has 2 aliphatic rings. The van der Waals surface area contributed by atoms with Gasteiger partial charge in [-0.2, -0.15) is 0 Å². The average Bonchev–Trinajstić information content (AvgIpc) is 2.87. The Hall–Kier alpha value is -3.33. The number of rotatable bonds is 6. The maximum absolute atomic E-state index is 13.1. The Morgan fingerprint density at radius 2 is 1.76 bits per heavy atom. The van der Waals surface area contributed by atoms with Gasteiger partial charge in [-0.15, -0.1) is 0 Å². The molecule has 0 saturated carbocycles. The Morgan fingerprint density at radius 3 is 2.44 bits per heavy atom. The molecule has 2 heterocycles. The highest BCUT2D eigenvalue weighted by Gasteiger charge is 2.35. The second kappa shape index (κ2) is 11.2. The van der Waals surface area contributed by atoms with Gasteiger partial charge in [0.15, 0.2) is 5.11 Å². The summed E-state index contributed by atoms with van der Waals surface area (Å²) in [5, 5.41) is 6.51. The number of nitrogens with zero attached hydrogens (tertiary/aromatic N) is 3. The fourth-order valence-electron chi connectivity index (χ4n) is 4.30. The van der Waals surface area contributed by atoms with Gasteiger partial charge in [-0.1, -0.05) is 18.2 Å². The van der Waals surface area contributed by atoms with Crippen LogP contribution in [0.5, 0.6) is 5.75 Å². The molecule has 2 aliphatic heterocycles. The van der Waals surface area contributed by atoms with Crippen LogP contribution >= 0.6 is 12.2 Å². The molecule has 2 saturated heterocycles. The molecule has 2 N–H and O–H groups in total. The Morgan fingerprint density at radius 1 is 1.06 bits per heavy atom. The molecule has 8 nitrogen and oxygen atoms in total. The minimum absolute atomic E-state index is 0.0244. The van der Waals surface area contributed by atoms with Gasteiger partial charge in [0.1, 0.15) is 11.8 Å². The minimum atomic E-state index is -0.629. The summed E-state index contributed by atoms with van der Waals surface area (Å²) in [6, 6.07) is 17.1. The predicted molar refractivity (Wildman–Crippen MR) is 137 cm³/mol. The van der Waals surface area contributed by atoms with Crippen LogP contribution in [0.2, 0.25) is 0 Å². The number of hydrogen-bond donors (Lipinski definition) is 2. The molecule has 0 aromatic heterocycles. The Kier molecular flexibility index (Phi) is 7.84. The molecule has 2 aromatic carbocycles. The van der Waals surface area contributed by atoms with E-state index < -0.39 is 6.04 Å². The summed E-state index contributed by atoms with van der Waals surface area (Å²) in [5.74, 6) is 0.592. The van der Waals surface area contributed by atoms with Crippen LogP contribution in [0.4, 0.5) is 11.4 Å². The molecule has 0 aliphatic carbocycles. The number of ether oxygens (including phenoxy) is 1. The van der Waals surface area contributed by atoms with E-state index in [1.165, 1.54) is 0 Å². The number of hydrogen-bond acceptors (Lipinski definition) is 5. The van der Waals surface area contributed by atoms with Crippen LogP contribution in [0.3, 0.4) is 0 Å². The van der Waals surface area contributed by atoms with Crippen molar-refractivity contribution in [2.45, 2.75) is 19.4 Å². The monoisotopic (exact) mass is 481 g/mol. The zero-order chi connectivity index (χ0) is 23.9. The Labute approximate surface area is 205 Å². The molecular formula is C25H31N5O3S. The van der Waals surface area contributed by atoms with Gasteiger partial charge in [0.2, 0.25) is 11.8 Å². The summed E-state index contributed by atoms with van der Waals surface area (Å²) in [6.07, 6.45) is 0.0995. The molecule has 2 amide bonds. The molecule has 1 unspecified atom stereocenters. The second-order valence-corrected chi connectivity index (χ2v) is 8.68. The van der Waals surface area contributed by atoms with Crippen molar-refractivity contribution in [1.29, 1.82) is 0 Å². The SMILES string of the molecule is CCOc1ccc(NC(=S)N2CCNC(=O)C2CC(=O)N2CCN(c3ccccc3)CC2)cc1. The number of benzene rings is 2. The van der Waals surface area contributed by atoms with Crippen molar-refractivity contribution in [3.05, 3.63) is 54.6 Å². The number of piperazine rings is 2. The quantitative estimate of drug-likeness (QED) is 0.613. The number of carbonyl (C=O) groups excluding carboxylic acids is 2. The Balaban J connectivity index is 1.35. The molecule has 1 atom stereocenters. The highest BCUT2D eigenvalue weighted by atomic mass is 32.1.